The summed E-state index contributed by atoms with van der Waals surface area (Å²) in [5.74, 6) is 1.89. The third-order valence-corrected chi connectivity index (χ3v) is 4.98. The number of benzene rings is 1. The van der Waals surface area contributed by atoms with Crippen molar-refractivity contribution in [2.45, 2.75) is 18.8 Å². The first kappa shape index (κ1) is 17.3. The van der Waals surface area contributed by atoms with Crippen LogP contribution < -0.4 is 4.74 Å². The van der Waals surface area contributed by atoms with E-state index in [0.717, 1.165) is 42.2 Å². The maximum atomic E-state index is 12.7. The van der Waals surface area contributed by atoms with Gasteiger partial charge in [-0.15, -0.1) is 10.2 Å². The molecule has 2 aromatic heterocycles. The fourth-order valence-electron chi connectivity index (χ4n) is 3.60. The lowest BCUT2D eigenvalue weighted by molar-refractivity contribution is -0.127. The highest BCUT2D eigenvalue weighted by molar-refractivity contribution is 5.92. The highest BCUT2D eigenvalue weighted by Crippen LogP contribution is 2.26. The van der Waals surface area contributed by atoms with Gasteiger partial charge < -0.3 is 9.64 Å². The van der Waals surface area contributed by atoms with Gasteiger partial charge in [0.05, 0.1) is 7.11 Å². The summed E-state index contributed by atoms with van der Waals surface area (Å²) in [6.07, 6.45) is 7.39. The van der Waals surface area contributed by atoms with Gasteiger partial charge in [0, 0.05) is 36.8 Å². The first-order valence-electron chi connectivity index (χ1n) is 9.16. The summed E-state index contributed by atoms with van der Waals surface area (Å²) in [4.78, 5) is 14.6. The molecule has 1 aromatic carbocycles. The largest absolute Gasteiger partial charge is 0.496 e. The van der Waals surface area contributed by atoms with Gasteiger partial charge in [0.2, 0.25) is 5.91 Å². The predicted octanol–water partition coefficient (Wildman–Crippen LogP) is 3.16. The number of fused-ring (bicyclic) bond motifs is 1. The molecule has 0 spiro atoms. The van der Waals surface area contributed by atoms with Gasteiger partial charge in [-0.25, -0.2) is 0 Å². The van der Waals surface area contributed by atoms with Gasteiger partial charge in [0.25, 0.3) is 0 Å². The van der Waals surface area contributed by atoms with E-state index in [1.54, 1.807) is 13.2 Å². The Labute approximate surface area is 158 Å². The van der Waals surface area contributed by atoms with Crippen molar-refractivity contribution in [1.29, 1.82) is 0 Å². The molecule has 1 saturated heterocycles. The number of carbonyl (C=O) groups excluding carboxylic acids is 1. The van der Waals surface area contributed by atoms with Gasteiger partial charge in [-0.1, -0.05) is 24.3 Å². The lowest BCUT2D eigenvalue weighted by Crippen LogP contribution is -2.38. The second-order valence-electron chi connectivity index (χ2n) is 6.69. The Morgan fingerprint density at radius 3 is 2.93 bits per heavy atom. The molecule has 3 heterocycles. The zero-order chi connectivity index (χ0) is 18.6. The Balaban J connectivity index is 1.49. The highest BCUT2D eigenvalue weighted by atomic mass is 16.5. The number of pyridine rings is 1. The third-order valence-electron chi connectivity index (χ3n) is 4.98. The van der Waals surface area contributed by atoms with Crippen LogP contribution in [0.1, 0.15) is 30.1 Å². The minimum Gasteiger partial charge on any atom is -0.496 e. The summed E-state index contributed by atoms with van der Waals surface area (Å²) in [7, 11) is 1.63. The van der Waals surface area contributed by atoms with Crippen molar-refractivity contribution in [3.8, 4) is 5.75 Å². The van der Waals surface area contributed by atoms with E-state index in [9.17, 15) is 4.79 Å². The van der Waals surface area contributed by atoms with E-state index in [-0.39, 0.29) is 11.8 Å². The van der Waals surface area contributed by atoms with E-state index in [4.69, 9.17) is 4.74 Å². The van der Waals surface area contributed by atoms with E-state index >= 15 is 0 Å². The molecule has 27 heavy (non-hydrogen) atoms. The van der Waals surface area contributed by atoms with E-state index in [0.29, 0.717) is 6.54 Å². The van der Waals surface area contributed by atoms with E-state index < -0.39 is 0 Å². The summed E-state index contributed by atoms with van der Waals surface area (Å²) < 4.78 is 7.35. The molecule has 1 unspecified atom stereocenters. The molecule has 0 aliphatic carbocycles. The smallest absolute Gasteiger partial charge is 0.246 e. The molecule has 1 aliphatic rings. The van der Waals surface area contributed by atoms with Crippen molar-refractivity contribution < 1.29 is 9.53 Å². The highest BCUT2D eigenvalue weighted by Gasteiger charge is 2.27. The molecule has 0 bridgehead atoms. The van der Waals surface area contributed by atoms with Gasteiger partial charge in [-0.3, -0.25) is 9.20 Å². The Bertz CT molecular complexity index is 979. The first-order chi connectivity index (χ1) is 13.3. The number of rotatable bonds is 4. The number of likely N-dealkylation sites (tertiary alicyclic amines) is 1. The van der Waals surface area contributed by atoms with Crippen LogP contribution in [0.15, 0.2) is 54.7 Å². The monoisotopic (exact) mass is 362 g/mol. The molecule has 6 heteroatoms. The van der Waals surface area contributed by atoms with Gasteiger partial charge in [-0.05, 0) is 37.1 Å². The molecule has 6 nitrogen and oxygen atoms in total. The van der Waals surface area contributed by atoms with Gasteiger partial charge in [0.15, 0.2) is 5.65 Å². The zero-order valence-corrected chi connectivity index (χ0v) is 15.3. The zero-order valence-electron chi connectivity index (χ0n) is 15.3. The van der Waals surface area contributed by atoms with Crippen molar-refractivity contribution in [2.75, 3.05) is 20.2 Å². The van der Waals surface area contributed by atoms with Crippen LogP contribution >= 0.6 is 0 Å². The number of methoxy groups -OCH3 is 1. The van der Waals surface area contributed by atoms with Crippen LogP contribution in [0.2, 0.25) is 0 Å². The van der Waals surface area contributed by atoms with Crippen LogP contribution in [0.5, 0.6) is 5.75 Å². The lowest BCUT2D eigenvalue weighted by Gasteiger charge is -2.31. The number of hydrogen-bond donors (Lipinski definition) is 0. The molecule has 138 valence electrons. The minimum atomic E-state index is 0.0134. The molecule has 1 atom stereocenters. The molecular formula is C21H22N4O2. The Kier molecular flexibility index (Phi) is 4.87. The van der Waals surface area contributed by atoms with Crippen molar-refractivity contribution in [1.82, 2.24) is 19.5 Å². The summed E-state index contributed by atoms with van der Waals surface area (Å²) >= 11 is 0. The van der Waals surface area contributed by atoms with Crippen LogP contribution in [0.3, 0.4) is 0 Å². The molecule has 4 rings (SSSR count). The molecule has 1 amide bonds. The average Bonchev–Trinajstić information content (AvgIpc) is 3.16. The number of ether oxygens (including phenoxy) is 1. The fraction of sp³-hybridized carbons (Fsp3) is 0.286. The van der Waals surface area contributed by atoms with Crippen LogP contribution in [0.25, 0.3) is 11.7 Å². The average molecular weight is 362 g/mol. The van der Waals surface area contributed by atoms with E-state index in [1.165, 1.54) is 0 Å². The Morgan fingerprint density at radius 2 is 2.04 bits per heavy atom. The van der Waals surface area contributed by atoms with Crippen LogP contribution in [-0.2, 0) is 4.79 Å². The quantitative estimate of drug-likeness (QED) is 0.669. The summed E-state index contributed by atoms with van der Waals surface area (Å²) in [6, 6.07) is 13.5. The van der Waals surface area contributed by atoms with Gasteiger partial charge in [-0.2, -0.15) is 0 Å². The SMILES string of the molecule is COc1ccccc1/C=C/C(=O)N1CCCC(c2nnc3ccccn23)C1. The molecule has 3 aromatic rings. The summed E-state index contributed by atoms with van der Waals surface area (Å²) in [6.45, 7) is 1.42. The van der Waals surface area contributed by atoms with E-state index in [1.807, 2.05) is 64.0 Å². The molecule has 0 radical (unpaired) electrons. The molecular weight excluding hydrogens is 340 g/mol. The second kappa shape index (κ2) is 7.61. The first-order valence-corrected chi connectivity index (χ1v) is 9.16. The number of carbonyl (C=O) groups is 1. The fourth-order valence-corrected chi connectivity index (χ4v) is 3.60. The molecule has 0 N–H and O–H groups in total. The number of nitrogens with zero attached hydrogens (tertiary/aromatic N) is 4. The lowest BCUT2D eigenvalue weighted by atomic mass is 9.97. The van der Waals surface area contributed by atoms with Gasteiger partial charge in [0.1, 0.15) is 11.6 Å². The maximum absolute atomic E-state index is 12.7. The number of piperidine rings is 1. The second-order valence-corrected chi connectivity index (χ2v) is 6.69. The summed E-state index contributed by atoms with van der Waals surface area (Å²) in [5, 5.41) is 8.61. The maximum Gasteiger partial charge on any atom is 0.246 e. The normalized spacial score (nSPS) is 17.5. The number of para-hydroxylation sites is 1. The Morgan fingerprint density at radius 1 is 1.19 bits per heavy atom. The van der Waals surface area contributed by atoms with Crippen molar-refractivity contribution in [3.05, 3.63) is 66.1 Å². The van der Waals surface area contributed by atoms with Crippen molar-refractivity contribution >= 4 is 17.6 Å². The molecule has 1 fully saturated rings. The predicted molar refractivity (Wildman–Crippen MR) is 104 cm³/mol. The number of hydrogen-bond acceptors (Lipinski definition) is 4. The van der Waals surface area contributed by atoms with Crippen LogP contribution in [0, 0.1) is 0 Å². The van der Waals surface area contributed by atoms with Crippen LogP contribution in [0.4, 0.5) is 0 Å². The number of amides is 1. The van der Waals surface area contributed by atoms with E-state index in [2.05, 4.69) is 10.2 Å². The topological polar surface area (TPSA) is 59.7 Å². The molecule has 1 aliphatic heterocycles. The molecule has 0 saturated carbocycles. The van der Waals surface area contributed by atoms with Crippen LogP contribution in [-0.4, -0.2) is 45.6 Å². The van der Waals surface area contributed by atoms with Crippen molar-refractivity contribution in [2.24, 2.45) is 0 Å². The summed E-state index contributed by atoms with van der Waals surface area (Å²) in [5.41, 5.74) is 1.73. The van der Waals surface area contributed by atoms with Crippen molar-refractivity contribution in [3.63, 3.8) is 0 Å². The standard InChI is InChI=1S/C21H22N4O2/c1-27-18-9-3-2-7-16(18)11-12-20(26)24-13-6-8-17(15-24)21-23-22-19-10-4-5-14-25(19)21/h2-5,7,9-12,14,17H,6,8,13,15H2,1H3/b12-11+. The van der Waals surface area contributed by atoms with Gasteiger partial charge >= 0.3 is 0 Å². The third kappa shape index (κ3) is 3.56. The number of aromatic nitrogens is 3. The Hall–Kier alpha value is -3.15. The minimum absolute atomic E-state index is 0.0134.